The highest BCUT2D eigenvalue weighted by molar-refractivity contribution is 7.49. The van der Waals surface area contributed by atoms with Crippen LogP contribution >= 0.6 is 8.58 Å². The Morgan fingerprint density at radius 1 is 1.67 bits per heavy atom. The fraction of sp³-hybridized carbons (Fsp3) is 0. The van der Waals surface area contributed by atoms with Gasteiger partial charge in [0.15, 0.2) is 7.85 Å². The molecule has 0 heterocycles. The summed E-state index contributed by atoms with van der Waals surface area (Å²) in [5.41, 5.74) is 5.16. The number of terminal acetylenes is 1. The van der Waals surface area contributed by atoms with Crippen molar-refractivity contribution in [2.45, 2.75) is 0 Å². The van der Waals surface area contributed by atoms with E-state index in [4.69, 9.17) is 6.42 Å². The number of hydrogen-bond donors (Lipinski definition) is 0. The van der Waals surface area contributed by atoms with Gasteiger partial charge in [0.2, 0.25) is 0 Å². The second kappa shape index (κ2) is 4.61. The Labute approximate surface area is 40.9 Å². The minimum atomic E-state index is 0.382. The van der Waals surface area contributed by atoms with E-state index >= 15 is 0 Å². The minimum absolute atomic E-state index is 0.382. The molecule has 0 aromatic rings. The third-order valence-corrected chi connectivity index (χ3v) is 0.779. The molecule has 28 valence electrons. The quantitative estimate of drug-likeness (QED) is 0.221. The third-order valence-electron chi connectivity index (χ3n) is 0.260. The van der Waals surface area contributed by atoms with Gasteiger partial charge < -0.3 is 0 Å². The second-order valence-corrected chi connectivity index (χ2v) is 1.43. The third kappa shape index (κ3) is 3.61. The van der Waals surface area contributed by atoms with Crippen LogP contribution in [0.15, 0.2) is 0 Å². The largest absolute Gasteiger partial charge is 0.196 e. The van der Waals surface area contributed by atoms with Gasteiger partial charge in [-0.25, -0.2) is 0 Å². The summed E-state index contributed by atoms with van der Waals surface area (Å²) in [6.07, 6.45) is 4.87. The van der Waals surface area contributed by atoms with E-state index in [0.29, 0.717) is 8.58 Å². The molecule has 0 amide bonds. The van der Waals surface area contributed by atoms with E-state index in [1.54, 1.807) is 7.85 Å². The van der Waals surface area contributed by atoms with E-state index < -0.39 is 0 Å². The first-order valence-electron chi connectivity index (χ1n) is 1.54. The minimum Gasteiger partial charge on any atom is -0.160 e. The molecule has 0 bridgehead atoms. The Bertz CT molecular complexity index is 112. The standard InChI is InChI=1S/C4H4BP/c1-2-6-4-3-5/h1,6H,5H2. The summed E-state index contributed by atoms with van der Waals surface area (Å²) in [5.74, 6) is 2.69. The molecule has 1 atom stereocenters. The lowest BCUT2D eigenvalue weighted by atomic mass is 10.2. The smallest absolute Gasteiger partial charge is 0.160 e. The van der Waals surface area contributed by atoms with Crippen molar-refractivity contribution in [1.29, 1.82) is 0 Å². The Morgan fingerprint density at radius 3 is 2.50 bits per heavy atom. The SMILES string of the molecule is BC#CPC#C. The molecule has 0 fully saturated rings. The van der Waals surface area contributed by atoms with Crippen LogP contribution in [0, 0.1) is 23.6 Å². The van der Waals surface area contributed by atoms with Gasteiger partial charge >= 0.3 is 0 Å². The predicted octanol–water partition coefficient (Wildman–Crippen LogP) is -0.193. The van der Waals surface area contributed by atoms with Crippen LogP contribution in [-0.2, 0) is 0 Å². The summed E-state index contributed by atoms with van der Waals surface area (Å²) in [5, 5.41) is 0. The van der Waals surface area contributed by atoms with Gasteiger partial charge in [-0.05, 0) is 0 Å². The molecule has 0 aliphatic rings. The van der Waals surface area contributed by atoms with Gasteiger partial charge in [0, 0.05) is 8.58 Å². The van der Waals surface area contributed by atoms with Crippen molar-refractivity contribution < 1.29 is 0 Å². The highest BCUT2D eigenvalue weighted by atomic mass is 31.1. The molecule has 0 rings (SSSR count). The molecule has 0 aromatic heterocycles. The lowest BCUT2D eigenvalue weighted by molar-refractivity contribution is 2.92. The van der Waals surface area contributed by atoms with Crippen LogP contribution in [0.3, 0.4) is 0 Å². The highest BCUT2D eigenvalue weighted by Crippen LogP contribution is 1.98. The summed E-state index contributed by atoms with van der Waals surface area (Å²) >= 11 is 0. The average molecular weight is 93.9 g/mol. The van der Waals surface area contributed by atoms with Crippen molar-refractivity contribution >= 4 is 16.4 Å². The predicted molar refractivity (Wildman–Crippen MR) is 33.5 cm³/mol. The van der Waals surface area contributed by atoms with Gasteiger partial charge in [-0.15, -0.1) is 6.42 Å². The van der Waals surface area contributed by atoms with Crippen molar-refractivity contribution in [1.82, 2.24) is 0 Å². The Hall–Kier alpha value is -0.385. The first-order chi connectivity index (χ1) is 2.91. The maximum atomic E-state index is 4.87. The fourth-order valence-electron chi connectivity index (χ4n) is 0.0986. The molecule has 0 saturated carbocycles. The van der Waals surface area contributed by atoms with Crippen LogP contribution in [0.5, 0.6) is 0 Å². The van der Waals surface area contributed by atoms with Gasteiger partial charge in [0.25, 0.3) is 0 Å². The molecule has 0 aliphatic heterocycles. The molecule has 1 unspecified atom stereocenters. The zero-order valence-corrected chi connectivity index (χ0v) is 4.58. The molecule has 0 aliphatic carbocycles. The van der Waals surface area contributed by atoms with Gasteiger partial charge in [0.1, 0.15) is 0 Å². The maximum Gasteiger partial charge on any atom is 0.196 e. The van der Waals surface area contributed by atoms with E-state index in [-0.39, 0.29) is 0 Å². The van der Waals surface area contributed by atoms with Crippen LogP contribution in [0.1, 0.15) is 0 Å². The van der Waals surface area contributed by atoms with Crippen molar-refractivity contribution in [2.75, 3.05) is 0 Å². The zero-order chi connectivity index (χ0) is 4.83. The molecule has 2 heteroatoms. The topological polar surface area (TPSA) is 0 Å². The first kappa shape index (κ1) is 5.61. The molecule has 0 aromatic carbocycles. The van der Waals surface area contributed by atoms with Crippen molar-refractivity contribution in [2.24, 2.45) is 0 Å². The van der Waals surface area contributed by atoms with Crippen LogP contribution in [-0.4, -0.2) is 7.85 Å². The van der Waals surface area contributed by atoms with Crippen LogP contribution in [0.4, 0.5) is 0 Å². The number of rotatable bonds is 0. The van der Waals surface area contributed by atoms with Crippen molar-refractivity contribution in [3.8, 4) is 23.6 Å². The van der Waals surface area contributed by atoms with Crippen LogP contribution in [0.2, 0.25) is 0 Å². The average Bonchev–Trinajstić information content (AvgIpc) is 1.61. The summed E-state index contributed by atoms with van der Waals surface area (Å²) in [4.78, 5) is 0. The summed E-state index contributed by atoms with van der Waals surface area (Å²) < 4.78 is 0. The van der Waals surface area contributed by atoms with E-state index in [1.807, 2.05) is 0 Å². The van der Waals surface area contributed by atoms with Crippen LogP contribution < -0.4 is 0 Å². The van der Waals surface area contributed by atoms with Gasteiger partial charge in [-0.1, -0.05) is 11.3 Å². The summed E-state index contributed by atoms with van der Waals surface area (Å²) in [7, 11) is 2.16. The van der Waals surface area contributed by atoms with E-state index in [2.05, 4.69) is 17.1 Å². The Kier molecular flexibility index (Phi) is 4.32. The normalized spacial score (nSPS) is 6.50. The molecule has 0 N–H and O–H groups in total. The molecule has 0 radical (unpaired) electrons. The Balaban J connectivity index is 3.07. The summed E-state index contributed by atoms with van der Waals surface area (Å²) in [6.45, 7) is 0. The van der Waals surface area contributed by atoms with E-state index in [1.165, 1.54) is 0 Å². The molecule has 0 spiro atoms. The second-order valence-electron chi connectivity index (χ2n) is 0.644. The molecule has 0 nitrogen and oxygen atoms in total. The van der Waals surface area contributed by atoms with E-state index in [0.717, 1.165) is 0 Å². The lowest BCUT2D eigenvalue weighted by Crippen LogP contribution is -1.42. The molecular weight excluding hydrogens is 89.8 g/mol. The van der Waals surface area contributed by atoms with E-state index in [9.17, 15) is 0 Å². The molecular formula is C4H4BP. The lowest BCUT2D eigenvalue weighted by Gasteiger charge is -1.60. The van der Waals surface area contributed by atoms with Crippen molar-refractivity contribution in [3.63, 3.8) is 0 Å². The Morgan fingerprint density at radius 2 is 2.33 bits per heavy atom. The molecule has 0 saturated heterocycles. The van der Waals surface area contributed by atoms with Gasteiger partial charge in [-0.3, -0.25) is 0 Å². The maximum absolute atomic E-state index is 4.87. The monoisotopic (exact) mass is 94.0 g/mol. The zero-order valence-electron chi connectivity index (χ0n) is 3.58. The molecule has 6 heavy (non-hydrogen) atoms. The van der Waals surface area contributed by atoms with Crippen LogP contribution in [0.25, 0.3) is 0 Å². The van der Waals surface area contributed by atoms with Crippen molar-refractivity contribution in [3.05, 3.63) is 0 Å². The highest BCUT2D eigenvalue weighted by Gasteiger charge is 1.54. The summed E-state index contributed by atoms with van der Waals surface area (Å²) in [6, 6.07) is 0. The fourth-order valence-corrected chi connectivity index (χ4v) is 0.296. The first-order valence-corrected chi connectivity index (χ1v) is 2.54. The van der Waals surface area contributed by atoms with Gasteiger partial charge in [-0.2, -0.15) is 5.82 Å². The van der Waals surface area contributed by atoms with Gasteiger partial charge in [0.05, 0.1) is 0 Å². The number of hydrogen-bond acceptors (Lipinski definition) is 0.